The summed E-state index contributed by atoms with van der Waals surface area (Å²) in [5, 5.41) is 0. The largest absolute Gasteiger partial charge is 0.415 e. The minimum Gasteiger partial charge on any atom is -0.415 e. The highest BCUT2D eigenvalue weighted by Gasteiger charge is 2.29. The van der Waals surface area contributed by atoms with E-state index >= 15 is 0 Å². The van der Waals surface area contributed by atoms with Crippen LogP contribution in [0, 0.1) is 0 Å². The molecule has 0 saturated carbocycles. The van der Waals surface area contributed by atoms with Crippen LogP contribution in [0.1, 0.15) is 33.1 Å². The predicted octanol–water partition coefficient (Wildman–Crippen LogP) is 5.86. The van der Waals surface area contributed by atoms with Crippen LogP contribution in [0.3, 0.4) is 0 Å². The van der Waals surface area contributed by atoms with Gasteiger partial charge in [0.2, 0.25) is 0 Å². The van der Waals surface area contributed by atoms with Crippen molar-refractivity contribution in [2.75, 3.05) is 0 Å². The highest BCUT2D eigenvalue weighted by molar-refractivity contribution is 6.70. The Morgan fingerprint density at radius 3 is 1.35 bits per heavy atom. The average molecular weight is 379 g/mol. The molecule has 0 heterocycles. The van der Waals surface area contributed by atoms with Gasteiger partial charge in [-0.25, -0.2) is 0 Å². The second-order valence-corrected chi connectivity index (χ2v) is 23.0. The Bertz CT molecular complexity index is 329. The molecular formula is C17H42O3Si3. The molecule has 0 N–H and O–H groups in total. The molecule has 0 fully saturated rings. The van der Waals surface area contributed by atoms with Crippen LogP contribution in [0.25, 0.3) is 0 Å². The highest BCUT2D eigenvalue weighted by atomic mass is 28.4. The lowest BCUT2D eigenvalue weighted by Crippen LogP contribution is -2.40. The lowest BCUT2D eigenvalue weighted by atomic mass is 10.0. The second kappa shape index (κ2) is 9.29. The molecule has 0 bridgehead atoms. The topological polar surface area (TPSA) is 27.7 Å². The molecule has 0 spiro atoms. The summed E-state index contributed by atoms with van der Waals surface area (Å²) in [5.74, 6) is 0. The van der Waals surface area contributed by atoms with E-state index in [4.69, 9.17) is 13.3 Å². The number of rotatable bonds is 11. The molecular weight excluding hydrogens is 336 g/mol. The molecule has 0 saturated heterocycles. The van der Waals surface area contributed by atoms with Gasteiger partial charge in [-0.05, 0) is 85.1 Å². The first-order valence-electron chi connectivity index (χ1n) is 9.15. The van der Waals surface area contributed by atoms with Gasteiger partial charge in [-0.2, -0.15) is 0 Å². The molecule has 23 heavy (non-hydrogen) atoms. The summed E-state index contributed by atoms with van der Waals surface area (Å²) in [4.78, 5) is 0. The van der Waals surface area contributed by atoms with Crippen LogP contribution in [0.4, 0.5) is 0 Å². The molecule has 0 aliphatic rings. The third kappa shape index (κ3) is 14.6. The molecule has 3 unspecified atom stereocenters. The van der Waals surface area contributed by atoms with Crippen molar-refractivity contribution in [1.29, 1.82) is 0 Å². The summed E-state index contributed by atoms with van der Waals surface area (Å²) in [6, 6.07) is 0. The number of hydrogen-bond acceptors (Lipinski definition) is 3. The molecule has 0 aliphatic heterocycles. The molecule has 6 heteroatoms. The van der Waals surface area contributed by atoms with Gasteiger partial charge in [0.05, 0.1) is 0 Å². The van der Waals surface area contributed by atoms with Crippen LogP contribution in [0.15, 0.2) is 0 Å². The van der Waals surface area contributed by atoms with E-state index in [0.29, 0.717) is 6.10 Å². The first-order valence-corrected chi connectivity index (χ1v) is 19.4. The molecule has 0 aromatic carbocycles. The zero-order valence-electron chi connectivity index (χ0n) is 17.6. The van der Waals surface area contributed by atoms with Gasteiger partial charge in [0, 0.05) is 18.3 Å². The molecule has 0 aromatic rings. The van der Waals surface area contributed by atoms with Crippen LogP contribution >= 0.6 is 0 Å². The molecule has 0 rings (SSSR count). The van der Waals surface area contributed by atoms with E-state index in [1.54, 1.807) is 0 Å². The van der Waals surface area contributed by atoms with Crippen molar-refractivity contribution in [1.82, 2.24) is 0 Å². The van der Waals surface area contributed by atoms with Gasteiger partial charge >= 0.3 is 0 Å². The van der Waals surface area contributed by atoms with E-state index in [2.05, 4.69) is 72.8 Å². The normalized spacial score (nSPS) is 17.9. The fourth-order valence-electron chi connectivity index (χ4n) is 2.81. The van der Waals surface area contributed by atoms with E-state index in [9.17, 15) is 0 Å². The monoisotopic (exact) mass is 378 g/mol. The zero-order chi connectivity index (χ0) is 18.5. The van der Waals surface area contributed by atoms with Gasteiger partial charge in [-0.15, -0.1) is 0 Å². The quantitative estimate of drug-likeness (QED) is 0.422. The maximum Gasteiger partial charge on any atom is 0.184 e. The minimum atomic E-state index is -1.57. The zero-order valence-corrected chi connectivity index (χ0v) is 20.6. The third-order valence-corrected chi connectivity index (χ3v) is 6.36. The maximum atomic E-state index is 6.48. The molecule has 0 amide bonds. The lowest BCUT2D eigenvalue weighted by molar-refractivity contribution is 0.0648. The SMILES string of the molecule is CCC(CC(CC(C)O[Si](C)(C)C)O[Si](C)(C)C)O[Si](C)(C)C. The Morgan fingerprint density at radius 1 is 0.609 bits per heavy atom. The fourth-order valence-corrected chi connectivity index (χ4v) is 6.56. The van der Waals surface area contributed by atoms with Gasteiger partial charge in [-0.3, -0.25) is 0 Å². The Labute approximate surface area is 148 Å². The van der Waals surface area contributed by atoms with Gasteiger partial charge in [0.15, 0.2) is 25.0 Å². The van der Waals surface area contributed by atoms with Crippen molar-refractivity contribution < 1.29 is 13.3 Å². The molecule has 0 aromatic heterocycles. The second-order valence-electron chi connectivity index (χ2n) is 9.62. The van der Waals surface area contributed by atoms with Crippen LogP contribution in [0.5, 0.6) is 0 Å². The van der Waals surface area contributed by atoms with Crippen molar-refractivity contribution in [2.24, 2.45) is 0 Å². The highest BCUT2D eigenvalue weighted by Crippen LogP contribution is 2.23. The van der Waals surface area contributed by atoms with Crippen LogP contribution in [-0.2, 0) is 13.3 Å². The Hall–Kier alpha value is 0.531. The molecule has 0 aliphatic carbocycles. The van der Waals surface area contributed by atoms with E-state index in [-0.39, 0.29) is 12.2 Å². The Balaban J connectivity index is 4.86. The first kappa shape index (κ1) is 23.5. The standard InChI is InChI=1S/C17H42O3Si3/c1-12-16(19-22(6,7)8)14-17(20-23(9,10)11)13-15(2)18-21(3,4)5/h15-17H,12-14H2,1-11H3. The van der Waals surface area contributed by atoms with Crippen molar-refractivity contribution in [3.8, 4) is 0 Å². The average Bonchev–Trinajstić information content (AvgIpc) is 2.20. The van der Waals surface area contributed by atoms with Crippen molar-refractivity contribution >= 4 is 25.0 Å². The molecule has 3 nitrogen and oxygen atoms in total. The summed E-state index contributed by atoms with van der Waals surface area (Å²) < 4.78 is 19.1. The Morgan fingerprint density at radius 2 is 1.00 bits per heavy atom. The van der Waals surface area contributed by atoms with E-state index in [0.717, 1.165) is 19.3 Å². The fraction of sp³-hybridized carbons (Fsp3) is 1.00. The number of hydrogen-bond donors (Lipinski definition) is 0. The maximum absolute atomic E-state index is 6.48. The van der Waals surface area contributed by atoms with E-state index in [1.165, 1.54) is 0 Å². The third-order valence-electron chi connectivity index (χ3n) is 3.17. The van der Waals surface area contributed by atoms with Gasteiger partial charge in [0.25, 0.3) is 0 Å². The summed E-state index contributed by atoms with van der Waals surface area (Å²) in [6.45, 7) is 24.8. The van der Waals surface area contributed by atoms with Crippen LogP contribution in [-0.4, -0.2) is 43.3 Å². The van der Waals surface area contributed by atoms with E-state index < -0.39 is 25.0 Å². The summed E-state index contributed by atoms with van der Waals surface area (Å²) in [7, 11) is -4.59. The van der Waals surface area contributed by atoms with Crippen LogP contribution < -0.4 is 0 Å². The first-order chi connectivity index (χ1) is 10.1. The minimum absolute atomic E-state index is 0.245. The lowest BCUT2D eigenvalue weighted by Gasteiger charge is -2.34. The van der Waals surface area contributed by atoms with Crippen molar-refractivity contribution in [3.63, 3.8) is 0 Å². The molecule has 3 atom stereocenters. The Kier molecular flexibility index (Phi) is 9.50. The van der Waals surface area contributed by atoms with Gasteiger partial charge in [0.1, 0.15) is 0 Å². The van der Waals surface area contributed by atoms with E-state index in [1.807, 2.05) is 0 Å². The van der Waals surface area contributed by atoms with Gasteiger partial charge < -0.3 is 13.3 Å². The summed E-state index contributed by atoms with van der Waals surface area (Å²) >= 11 is 0. The van der Waals surface area contributed by atoms with Crippen LogP contribution in [0.2, 0.25) is 58.9 Å². The van der Waals surface area contributed by atoms with Crippen molar-refractivity contribution in [3.05, 3.63) is 0 Å². The predicted molar refractivity (Wildman–Crippen MR) is 110 cm³/mol. The molecule has 140 valence electrons. The van der Waals surface area contributed by atoms with Gasteiger partial charge in [-0.1, -0.05) is 6.92 Å². The summed E-state index contributed by atoms with van der Waals surface area (Å²) in [6.07, 6.45) is 3.83. The molecule has 0 radical (unpaired) electrons. The van der Waals surface area contributed by atoms with Crippen molar-refractivity contribution in [2.45, 2.75) is 110 Å². The summed E-state index contributed by atoms with van der Waals surface area (Å²) in [5.41, 5.74) is 0. The smallest absolute Gasteiger partial charge is 0.184 e.